The van der Waals surface area contributed by atoms with Crippen LogP contribution in [0.15, 0.2) is 18.5 Å². The van der Waals surface area contributed by atoms with Crippen molar-refractivity contribution >= 4 is 11.0 Å². The third-order valence-corrected chi connectivity index (χ3v) is 3.23. The highest BCUT2D eigenvalue weighted by atomic mass is 15.1. The molecule has 0 aromatic carbocycles. The highest BCUT2D eigenvalue weighted by Crippen LogP contribution is 2.31. The van der Waals surface area contributed by atoms with Crippen molar-refractivity contribution in [3.63, 3.8) is 0 Å². The summed E-state index contributed by atoms with van der Waals surface area (Å²) in [6.45, 7) is 7.33. The first-order valence-electron chi connectivity index (χ1n) is 6.39. The molecular formula is C14H22N4. The molecule has 1 unspecified atom stereocenters. The first-order chi connectivity index (χ1) is 8.42. The second-order valence-electron chi connectivity index (χ2n) is 6.09. The smallest absolute Gasteiger partial charge is 0.114 e. The second-order valence-corrected chi connectivity index (χ2v) is 6.09. The van der Waals surface area contributed by atoms with E-state index in [0.29, 0.717) is 12.5 Å². The van der Waals surface area contributed by atoms with Gasteiger partial charge in [-0.2, -0.15) is 0 Å². The molecule has 0 bridgehead atoms. The van der Waals surface area contributed by atoms with Crippen LogP contribution >= 0.6 is 0 Å². The van der Waals surface area contributed by atoms with E-state index >= 15 is 0 Å². The maximum Gasteiger partial charge on any atom is 0.114 e. The SMILES string of the molecule is Cn1c(C(CN)CC(C)(C)C)nc2cnccc21. The van der Waals surface area contributed by atoms with E-state index in [1.54, 1.807) is 6.20 Å². The lowest BCUT2D eigenvalue weighted by molar-refractivity contribution is 0.333. The van der Waals surface area contributed by atoms with Gasteiger partial charge in [-0.15, -0.1) is 0 Å². The molecule has 18 heavy (non-hydrogen) atoms. The third kappa shape index (κ3) is 2.53. The average Bonchev–Trinajstić information content (AvgIpc) is 2.63. The molecule has 4 heteroatoms. The summed E-state index contributed by atoms with van der Waals surface area (Å²) in [6, 6.07) is 2.00. The number of fused-ring (bicyclic) bond motifs is 1. The molecule has 2 aromatic heterocycles. The Hall–Kier alpha value is -1.42. The zero-order chi connectivity index (χ0) is 13.3. The highest BCUT2D eigenvalue weighted by molar-refractivity contribution is 5.74. The molecule has 2 N–H and O–H groups in total. The fourth-order valence-corrected chi connectivity index (χ4v) is 2.45. The lowest BCUT2D eigenvalue weighted by atomic mass is 9.84. The van der Waals surface area contributed by atoms with Gasteiger partial charge in [-0.1, -0.05) is 20.8 Å². The number of nitrogens with zero attached hydrogens (tertiary/aromatic N) is 3. The van der Waals surface area contributed by atoms with Gasteiger partial charge in [0.2, 0.25) is 0 Å². The van der Waals surface area contributed by atoms with E-state index in [1.807, 2.05) is 12.3 Å². The second kappa shape index (κ2) is 4.69. The number of imidazole rings is 1. The monoisotopic (exact) mass is 246 g/mol. The standard InChI is InChI=1S/C14H22N4/c1-14(2,3)7-10(8-15)13-17-11-9-16-6-5-12(11)18(13)4/h5-6,9-10H,7-8,15H2,1-4H3. The molecule has 2 heterocycles. The normalized spacial score (nSPS) is 14.1. The molecule has 0 fully saturated rings. The van der Waals surface area contributed by atoms with E-state index in [4.69, 9.17) is 5.73 Å². The minimum atomic E-state index is 0.250. The van der Waals surface area contributed by atoms with Crippen LogP contribution in [-0.2, 0) is 7.05 Å². The Balaban J connectivity index is 2.42. The summed E-state index contributed by atoms with van der Waals surface area (Å²) < 4.78 is 2.14. The highest BCUT2D eigenvalue weighted by Gasteiger charge is 2.23. The molecule has 2 aromatic rings. The van der Waals surface area contributed by atoms with Gasteiger partial charge in [0.15, 0.2) is 0 Å². The number of aromatic nitrogens is 3. The zero-order valence-electron chi connectivity index (χ0n) is 11.6. The molecular weight excluding hydrogens is 224 g/mol. The minimum absolute atomic E-state index is 0.250. The van der Waals surface area contributed by atoms with Gasteiger partial charge in [0.05, 0.1) is 11.7 Å². The molecule has 0 radical (unpaired) electrons. The quantitative estimate of drug-likeness (QED) is 0.905. The topological polar surface area (TPSA) is 56.7 Å². The van der Waals surface area contributed by atoms with Crippen molar-refractivity contribution in [2.24, 2.45) is 18.2 Å². The van der Waals surface area contributed by atoms with Gasteiger partial charge in [0.1, 0.15) is 11.3 Å². The summed E-state index contributed by atoms with van der Waals surface area (Å²) in [5, 5.41) is 0. The van der Waals surface area contributed by atoms with Crippen LogP contribution in [0.2, 0.25) is 0 Å². The van der Waals surface area contributed by atoms with Gasteiger partial charge in [-0.25, -0.2) is 4.98 Å². The lowest BCUT2D eigenvalue weighted by Gasteiger charge is -2.24. The molecule has 0 aliphatic heterocycles. The summed E-state index contributed by atoms with van der Waals surface area (Å²) in [5.41, 5.74) is 8.25. The van der Waals surface area contributed by atoms with Gasteiger partial charge in [-0.05, 0) is 17.9 Å². The molecule has 4 nitrogen and oxygen atoms in total. The van der Waals surface area contributed by atoms with E-state index in [0.717, 1.165) is 23.3 Å². The number of rotatable bonds is 3. The summed E-state index contributed by atoms with van der Waals surface area (Å²) in [4.78, 5) is 8.81. The molecule has 1 atom stereocenters. The molecule has 0 aliphatic carbocycles. The van der Waals surface area contributed by atoms with Gasteiger partial charge >= 0.3 is 0 Å². The van der Waals surface area contributed by atoms with Gasteiger partial charge < -0.3 is 10.3 Å². The first-order valence-corrected chi connectivity index (χ1v) is 6.39. The van der Waals surface area contributed by atoms with Crippen molar-refractivity contribution in [2.75, 3.05) is 6.54 Å². The summed E-state index contributed by atoms with van der Waals surface area (Å²) in [7, 11) is 2.05. The Morgan fingerprint density at radius 1 is 1.39 bits per heavy atom. The summed E-state index contributed by atoms with van der Waals surface area (Å²) in [6.07, 6.45) is 4.65. The van der Waals surface area contributed by atoms with E-state index in [-0.39, 0.29) is 5.41 Å². The fraction of sp³-hybridized carbons (Fsp3) is 0.571. The molecule has 0 aliphatic rings. The van der Waals surface area contributed by atoms with Crippen molar-refractivity contribution < 1.29 is 0 Å². The van der Waals surface area contributed by atoms with E-state index in [2.05, 4.69) is 42.4 Å². The van der Waals surface area contributed by atoms with E-state index < -0.39 is 0 Å². The Kier molecular flexibility index (Phi) is 3.39. The van der Waals surface area contributed by atoms with Crippen LogP contribution in [0, 0.1) is 5.41 Å². The van der Waals surface area contributed by atoms with Gasteiger partial charge in [-0.3, -0.25) is 4.98 Å². The van der Waals surface area contributed by atoms with E-state index in [9.17, 15) is 0 Å². The van der Waals surface area contributed by atoms with Crippen LogP contribution in [0.1, 0.15) is 38.9 Å². The molecule has 0 spiro atoms. The first kappa shape index (κ1) is 13.0. The predicted octanol–water partition coefficient (Wildman–Crippen LogP) is 2.45. The van der Waals surface area contributed by atoms with Crippen LogP contribution < -0.4 is 5.73 Å². The van der Waals surface area contributed by atoms with Crippen LogP contribution in [0.25, 0.3) is 11.0 Å². The average molecular weight is 246 g/mol. The third-order valence-electron chi connectivity index (χ3n) is 3.23. The van der Waals surface area contributed by atoms with Crippen LogP contribution in [0.5, 0.6) is 0 Å². The molecule has 98 valence electrons. The lowest BCUT2D eigenvalue weighted by Crippen LogP contribution is -2.22. The molecule has 2 rings (SSSR count). The van der Waals surface area contributed by atoms with Crippen LogP contribution in [-0.4, -0.2) is 21.1 Å². The van der Waals surface area contributed by atoms with Gasteiger partial charge in [0.25, 0.3) is 0 Å². The van der Waals surface area contributed by atoms with Crippen molar-refractivity contribution in [3.8, 4) is 0 Å². The number of aryl methyl sites for hydroxylation is 1. The fourth-order valence-electron chi connectivity index (χ4n) is 2.45. The Morgan fingerprint density at radius 3 is 2.67 bits per heavy atom. The van der Waals surface area contributed by atoms with Crippen LogP contribution in [0.4, 0.5) is 0 Å². The van der Waals surface area contributed by atoms with Crippen molar-refractivity contribution in [1.82, 2.24) is 14.5 Å². The summed E-state index contributed by atoms with van der Waals surface area (Å²) in [5.74, 6) is 1.36. The minimum Gasteiger partial charge on any atom is -0.331 e. The molecule has 0 amide bonds. The molecule has 0 saturated heterocycles. The van der Waals surface area contributed by atoms with Crippen molar-refractivity contribution in [2.45, 2.75) is 33.1 Å². The zero-order valence-corrected chi connectivity index (χ0v) is 11.6. The van der Waals surface area contributed by atoms with Crippen molar-refractivity contribution in [3.05, 3.63) is 24.3 Å². The number of hydrogen-bond donors (Lipinski definition) is 1. The number of nitrogens with two attached hydrogens (primary N) is 1. The largest absolute Gasteiger partial charge is 0.331 e. The van der Waals surface area contributed by atoms with Crippen molar-refractivity contribution in [1.29, 1.82) is 0 Å². The summed E-state index contributed by atoms with van der Waals surface area (Å²) >= 11 is 0. The Labute approximate surface area is 108 Å². The Morgan fingerprint density at radius 2 is 2.11 bits per heavy atom. The maximum atomic E-state index is 5.93. The number of pyridine rings is 1. The van der Waals surface area contributed by atoms with E-state index in [1.165, 1.54) is 0 Å². The predicted molar refractivity (Wildman–Crippen MR) is 74.4 cm³/mol. The van der Waals surface area contributed by atoms with Crippen LogP contribution in [0.3, 0.4) is 0 Å². The Bertz CT molecular complexity index is 536. The molecule has 0 saturated carbocycles. The maximum absolute atomic E-state index is 5.93. The van der Waals surface area contributed by atoms with Gasteiger partial charge in [0, 0.05) is 25.7 Å². The number of hydrogen-bond acceptors (Lipinski definition) is 3.